The Kier molecular flexibility index (Phi) is 6.09. The first-order valence-corrected chi connectivity index (χ1v) is 7.97. The summed E-state index contributed by atoms with van der Waals surface area (Å²) in [6.07, 6.45) is -0.501. The first kappa shape index (κ1) is 14.8. The van der Waals surface area contributed by atoms with E-state index in [1.165, 1.54) is 8.45 Å². The summed E-state index contributed by atoms with van der Waals surface area (Å²) in [6.45, 7) is 1.40. The Labute approximate surface area is 130 Å². The average molecular weight is 389 g/mol. The molecule has 0 aliphatic carbocycles. The fourth-order valence-corrected chi connectivity index (χ4v) is 2.55. The van der Waals surface area contributed by atoms with Gasteiger partial charge < -0.3 is 15.2 Å². The summed E-state index contributed by atoms with van der Waals surface area (Å²) in [5, 5.41) is 15.0. The number of halogens is 1. The molecule has 1 unspecified atom stereocenters. The lowest BCUT2D eigenvalue weighted by molar-refractivity contribution is 0.0359. The summed E-state index contributed by atoms with van der Waals surface area (Å²) < 4.78 is 6.66. The van der Waals surface area contributed by atoms with Crippen molar-refractivity contribution in [3.63, 3.8) is 0 Å². The number of anilines is 1. The maximum absolute atomic E-state index is 9.81. The van der Waals surface area contributed by atoms with Crippen LogP contribution in [0.2, 0.25) is 0 Å². The molecule has 1 aromatic heterocycles. The van der Waals surface area contributed by atoms with Crippen LogP contribution in [0.5, 0.6) is 0 Å². The molecule has 1 heterocycles. The van der Waals surface area contributed by atoms with Crippen LogP contribution in [0, 0.1) is 3.57 Å². The largest absolute Gasteiger partial charge is 0.389 e. The number of benzene rings is 1. The number of hydrogen-bond acceptors (Lipinski definition) is 4. The van der Waals surface area contributed by atoms with Crippen molar-refractivity contribution in [2.45, 2.75) is 12.7 Å². The van der Waals surface area contributed by atoms with E-state index in [4.69, 9.17) is 4.74 Å². The summed E-state index contributed by atoms with van der Waals surface area (Å²) in [4.78, 5) is 1.18. The average Bonchev–Trinajstić information content (AvgIpc) is 2.91. The number of nitrogens with one attached hydrogen (secondary N) is 1. The molecule has 5 heteroatoms. The molecule has 102 valence electrons. The van der Waals surface area contributed by atoms with Gasteiger partial charge in [-0.15, -0.1) is 11.3 Å². The molecular formula is C14H16INO2S. The predicted octanol–water partition coefficient (Wildman–Crippen LogP) is 3.34. The molecule has 0 amide bonds. The van der Waals surface area contributed by atoms with Gasteiger partial charge in [0.05, 0.1) is 19.3 Å². The Morgan fingerprint density at radius 3 is 2.74 bits per heavy atom. The predicted molar refractivity (Wildman–Crippen MR) is 87.6 cm³/mol. The maximum Gasteiger partial charge on any atom is 0.0945 e. The highest BCUT2D eigenvalue weighted by Crippen LogP contribution is 2.12. The fraction of sp³-hybridized carbons (Fsp3) is 0.286. The van der Waals surface area contributed by atoms with E-state index in [1.54, 1.807) is 11.3 Å². The maximum atomic E-state index is 9.81. The molecule has 0 radical (unpaired) electrons. The number of aliphatic hydroxyl groups excluding tert-OH is 1. The fourth-order valence-electron chi connectivity index (χ4n) is 1.55. The van der Waals surface area contributed by atoms with E-state index in [1.807, 2.05) is 41.8 Å². The van der Waals surface area contributed by atoms with Crippen molar-refractivity contribution < 1.29 is 9.84 Å². The van der Waals surface area contributed by atoms with Crippen molar-refractivity contribution in [2.75, 3.05) is 18.5 Å². The van der Waals surface area contributed by atoms with Gasteiger partial charge in [0.1, 0.15) is 0 Å². The normalized spacial score (nSPS) is 12.3. The second kappa shape index (κ2) is 7.84. The zero-order valence-electron chi connectivity index (χ0n) is 10.4. The third-order valence-electron chi connectivity index (χ3n) is 2.52. The summed E-state index contributed by atoms with van der Waals surface area (Å²) in [5.74, 6) is 0. The molecule has 0 aliphatic heterocycles. The van der Waals surface area contributed by atoms with Crippen LogP contribution in [0.3, 0.4) is 0 Å². The molecule has 1 aromatic carbocycles. The summed E-state index contributed by atoms with van der Waals surface area (Å²) >= 11 is 3.93. The zero-order valence-corrected chi connectivity index (χ0v) is 13.4. The first-order chi connectivity index (χ1) is 9.24. The Balaban J connectivity index is 1.64. The van der Waals surface area contributed by atoms with E-state index in [-0.39, 0.29) is 0 Å². The van der Waals surface area contributed by atoms with E-state index in [0.717, 1.165) is 5.69 Å². The zero-order chi connectivity index (χ0) is 13.5. The quantitative estimate of drug-likeness (QED) is 0.714. The van der Waals surface area contributed by atoms with Gasteiger partial charge in [0, 0.05) is 20.7 Å². The van der Waals surface area contributed by atoms with Crippen molar-refractivity contribution in [3.8, 4) is 0 Å². The van der Waals surface area contributed by atoms with Crippen molar-refractivity contribution in [2.24, 2.45) is 0 Å². The number of aliphatic hydroxyl groups is 1. The van der Waals surface area contributed by atoms with Gasteiger partial charge in [-0.05, 0) is 58.3 Å². The lowest BCUT2D eigenvalue weighted by Gasteiger charge is -2.13. The van der Waals surface area contributed by atoms with Crippen LogP contribution in [0.1, 0.15) is 4.88 Å². The van der Waals surface area contributed by atoms with Gasteiger partial charge in [-0.3, -0.25) is 0 Å². The number of thiophene rings is 1. The van der Waals surface area contributed by atoms with Crippen LogP contribution < -0.4 is 5.32 Å². The van der Waals surface area contributed by atoms with Gasteiger partial charge in [-0.2, -0.15) is 0 Å². The number of rotatable bonds is 7. The molecule has 3 nitrogen and oxygen atoms in total. The highest BCUT2D eigenvalue weighted by atomic mass is 127. The topological polar surface area (TPSA) is 41.5 Å². The molecule has 0 saturated carbocycles. The summed E-state index contributed by atoms with van der Waals surface area (Å²) in [7, 11) is 0. The van der Waals surface area contributed by atoms with Crippen LogP contribution in [-0.2, 0) is 11.3 Å². The van der Waals surface area contributed by atoms with Crippen molar-refractivity contribution in [3.05, 3.63) is 50.2 Å². The lowest BCUT2D eigenvalue weighted by Crippen LogP contribution is -2.24. The third-order valence-corrected chi connectivity index (χ3v) is 4.09. The first-order valence-electron chi connectivity index (χ1n) is 6.01. The highest BCUT2D eigenvalue weighted by molar-refractivity contribution is 14.1. The van der Waals surface area contributed by atoms with Crippen LogP contribution >= 0.6 is 33.9 Å². The monoisotopic (exact) mass is 389 g/mol. The van der Waals surface area contributed by atoms with E-state index < -0.39 is 6.10 Å². The molecule has 0 fully saturated rings. The smallest absolute Gasteiger partial charge is 0.0945 e. The van der Waals surface area contributed by atoms with Crippen LogP contribution in [0.15, 0.2) is 41.8 Å². The second-order valence-electron chi connectivity index (χ2n) is 4.14. The minimum Gasteiger partial charge on any atom is -0.389 e. The minimum absolute atomic E-state index is 0.343. The molecule has 2 rings (SSSR count). The SMILES string of the molecule is OC(CNc1ccc(I)cc1)COCc1cccs1. The molecule has 0 aliphatic rings. The number of ether oxygens (including phenoxy) is 1. The van der Waals surface area contributed by atoms with Gasteiger partial charge >= 0.3 is 0 Å². The Hall–Kier alpha value is -0.630. The molecule has 0 spiro atoms. The molecule has 0 bridgehead atoms. The molecular weight excluding hydrogens is 373 g/mol. The Bertz CT molecular complexity index is 473. The van der Waals surface area contributed by atoms with Crippen LogP contribution in [0.25, 0.3) is 0 Å². The van der Waals surface area contributed by atoms with E-state index in [0.29, 0.717) is 19.8 Å². The highest BCUT2D eigenvalue weighted by Gasteiger charge is 2.04. The molecule has 0 saturated heterocycles. The Morgan fingerprint density at radius 2 is 2.05 bits per heavy atom. The minimum atomic E-state index is -0.501. The van der Waals surface area contributed by atoms with E-state index in [2.05, 4.69) is 27.9 Å². The van der Waals surface area contributed by atoms with Gasteiger partial charge in [0.15, 0.2) is 0 Å². The van der Waals surface area contributed by atoms with E-state index >= 15 is 0 Å². The van der Waals surface area contributed by atoms with Crippen molar-refractivity contribution in [1.29, 1.82) is 0 Å². The number of hydrogen-bond donors (Lipinski definition) is 2. The molecule has 2 N–H and O–H groups in total. The van der Waals surface area contributed by atoms with Crippen LogP contribution in [0.4, 0.5) is 5.69 Å². The van der Waals surface area contributed by atoms with Gasteiger partial charge in [0.25, 0.3) is 0 Å². The van der Waals surface area contributed by atoms with Gasteiger partial charge in [-0.25, -0.2) is 0 Å². The second-order valence-corrected chi connectivity index (χ2v) is 6.41. The third kappa shape index (κ3) is 5.48. The summed E-state index contributed by atoms with van der Waals surface area (Å²) in [6, 6.07) is 12.1. The lowest BCUT2D eigenvalue weighted by atomic mass is 10.3. The van der Waals surface area contributed by atoms with Crippen molar-refractivity contribution in [1.82, 2.24) is 0 Å². The van der Waals surface area contributed by atoms with Crippen LogP contribution in [-0.4, -0.2) is 24.4 Å². The molecule has 1 atom stereocenters. The van der Waals surface area contributed by atoms with Crippen molar-refractivity contribution >= 4 is 39.6 Å². The van der Waals surface area contributed by atoms with E-state index in [9.17, 15) is 5.11 Å². The molecule has 19 heavy (non-hydrogen) atoms. The summed E-state index contributed by atoms with van der Waals surface area (Å²) in [5.41, 5.74) is 1.01. The standard InChI is InChI=1S/C14H16INO2S/c15-11-3-5-12(6-4-11)16-8-13(17)9-18-10-14-2-1-7-19-14/h1-7,13,16-17H,8-10H2. The Morgan fingerprint density at radius 1 is 1.26 bits per heavy atom. The van der Waals surface area contributed by atoms with Gasteiger partial charge in [0.2, 0.25) is 0 Å². The molecule has 2 aromatic rings. The van der Waals surface area contributed by atoms with Gasteiger partial charge in [-0.1, -0.05) is 6.07 Å².